The molecule has 5 heteroatoms. The molecule has 1 aromatic rings. The van der Waals surface area contributed by atoms with Crippen LogP contribution in [0.25, 0.3) is 0 Å². The predicted octanol–water partition coefficient (Wildman–Crippen LogP) is 1.66. The number of fused-ring (bicyclic) bond motifs is 1. The van der Waals surface area contributed by atoms with Crippen LogP contribution in [-0.2, 0) is 11.2 Å². The van der Waals surface area contributed by atoms with Gasteiger partial charge >= 0.3 is 0 Å². The van der Waals surface area contributed by atoms with Crippen LogP contribution >= 0.6 is 12.2 Å². The molecule has 0 aliphatic carbocycles. The highest BCUT2D eigenvalue weighted by Gasteiger charge is 2.28. The molecule has 4 nitrogen and oxygen atoms in total. The molecule has 0 saturated heterocycles. The minimum absolute atomic E-state index is 0.0500. The summed E-state index contributed by atoms with van der Waals surface area (Å²) in [6.07, 6.45) is 0.685. The van der Waals surface area contributed by atoms with Gasteiger partial charge in [0.25, 0.3) is 0 Å². The zero-order chi connectivity index (χ0) is 14.7. The first-order chi connectivity index (χ1) is 9.49. The highest BCUT2D eigenvalue weighted by molar-refractivity contribution is 7.80. The minimum atomic E-state index is -0.269. The Hall–Kier alpha value is -1.62. The topological polar surface area (TPSA) is 64.3 Å². The summed E-state index contributed by atoms with van der Waals surface area (Å²) in [4.78, 5) is 12.6. The van der Waals surface area contributed by atoms with E-state index in [-0.39, 0.29) is 23.8 Å². The minimum Gasteiger partial charge on any atom is -0.492 e. The number of nitrogens with one attached hydrogen (secondary N) is 1. The first-order valence-electron chi connectivity index (χ1n) is 6.79. The summed E-state index contributed by atoms with van der Waals surface area (Å²) >= 11 is 5.01. The lowest BCUT2D eigenvalue weighted by Crippen LogP contribution is -2.50. The number of benzene rings is 1. The number of nitrogens with two attached hydrogens (primary N) is 1. The van der Waals surface area contributed by atoms with Gasteiger partial charge in [-0.25, -0.2) is 0 Å². The molecular weight excluding hydrogens is 272 g/mol. The number of carbonyl (C=O) groups is 1. The lowest BCUT2D eigenvalue weighted by atomic mass is 9.95. The van der Waals surface area contributed by atoms with E-state index in [1.165, 1.54) is 0 Å². The molecule has 3 N–H and O–H groups in total. The summed E-state index contributed by atoms with van der Waals surface area (Å²) in [5.41, 5.74) is 6.74. The monoisotopic (exact) mass is 292 g/mol. The molecule has 0 bridgehead atoms. The molecule has 2 rings (SSSR count). The molecular formula is C15H20N2O2S. The number of carbonyl (C=O) groups excluding carboxylic acids is 1. The third-order valence-electron chi connectivity index (χ3n) is 3.52. The third-order valence-corrected chi connectivity index (χ3v) is 3.77. The molecule has 1 amide bonds. The van der Waals surface area contributed by atoms with E-state index in [1.54, 1.807) is 0 Å². The van der Waals surface area contributed by atoms with Gasteiger partial charge in [0.15, 0.2) is 0 Å². The van der Waals surface area contributed by atoms with Crippen molar-refractivity contribution in [1.29, 1.82) is 0 Å². The number of hydrogen-bond donors (Lipinski definition) is 2. The van der Waals surface area contributed by atoms with E-state index in [2.05, 4.69) is 5.32 Å². The average molecular weight is 292 g/mol. The van der Waals surface area contributed by atoms with E-state index in [1.807, 2.05) is 38.1 Å². The van der Waals surface area contributed by atoms with Crippen LogP contribution in [0.5, 0.6) is 5.75 Å². The maximum Gasteiger partial charge on any atom is 0.227 e. The maximum absolute atomic E-state index is 12.3. The van der Waals surface area contributed by atoms with Gasteiger partial charge in [0.2, 0.25) is 5.91 Å². The summed E-state index contributed by atoms with van der Waals surface area (Å²) in [6.45, 7) is 4.36. The quantitative estimate of drug-likeness (QED) is 0.829. The molecule has 108 valence electrons. The molecule has 0 aromatic heterocycles. The van der Waals surface area contributed by atoms with Crippen molar-refractivity contribution in [2.75, 3.05) is 6.61 Å². The smallest absolute Gasteiger partial charge is 0.227 e. The van der Waals surface area contributed by atoms with Crippen molar-refractivity contribution in [3.63, 3.8) is 0 Å². The summed E-state index contributed by atoms with van der Waals surface area (Å²) in [7, 11) is 0. The Bertz CT molecular complexity index is 516. The molecule has 1 aliphatic rings. The number of para-hydroxylation sites is 1. The Labute approximate surface area is 124 Å². The second kappa shape index (κ2) is 6.22. The van der Waals surface area contributed by atoms with Crippen molar-refractivity contribution < 1.29 is 9.53 Å². The molecule has 20 heavy (non-hydrogen) atoms. The number of thiocarbonyl (C=S) groups is 1. The third kappa shape index (κ3) is 3.28. The van der Waals surface area contributed by atoms with Crippen LogP contribution in [-0.4, -0.2) is 23.5 Å². The second-order valence-electron chi connectivity index (χ2n) is 5.45. The zero-order valence-electron chi connectivity index (χ0n) is 11.8. The Balaban J connectivity index is 2.03. The van der Waals surface area contributed by atoms with E-state index in [0.29, 0.717) is 18.0 Å². The predicted molar refractivity (Wildman–Crippen MR) is 82.7 cm³/mol. The SMILES string of the molecule is CC(C)C(NC(=O)C1COc2ccccc2C1)C(N)=S. The van der Waals surface area contributed by atoms with Crippen LogP contribution in [0.1, 0.15) is 19.4 Å². The largest absolute Gasteiger partial charge is 0.492 e. The van der Waals surface area contributed by atoms with Gasteiger partial charge < -0.3 is 15.8 Å². The van der Waals surface area contributed by atoms with E-state index >= 15 is 0 Å². The van der Waals surface area contributed by atoms with Gasteiger partial charge in [-0.2, -0.15) is 0 Å². The lowest BCUT2D eigenvalue weighted by Gasteiger charge is -2.27. The number of ether oxygens (including phenoxy) is 1. The van der Waals surface area contributed by atoms with Crippen LogP contribution in [0.15, 0.2) is 24.3 Å². The Morgan fingerprint density at radius 2 is 2.15 bits per heavy atom. The summed E-state index contributed by atoms with van der Waals surface area (Å²) in [5, 5.41) is 2.93. The van der Waals surface area contributed by atoms with Gasteiger partial charge in [-0.05, 0) is 24.0 Å². The molecule has 0 radical (unpaired) electrons. The molecule has 2 atom stereocenters. The van der Waals surface area contributed by atoms with E-state index in [4.69, 9.17) is 22.7 Å². The summed E-state index contributed by atoms with van der Waals surface area (Å²) < 4.78 is 5.63. The summed E-state index contributed by atoms with van der Waals surface area (Å²) in [6, 6.07) is 7.53. The van der Waals surface area contributed by atoms with Gasteiger partial charge in [0.05, 0.1) is 16.9 Å². The van der Waals surface area contributed by atoms with E-state index < -0.39 is 0 Å². The van der Waals surface area contributed by atoms with Crippen LogP contribution in [0.4, 0.5) is 0 Å². The molecule has 1 aromatic carbocycles. The summed E-state index contributed by atoms with van der Waals surface area (Å²) in [5.74, 6) is 0.797. The molecule has 0 saturated carbocycles. The van der Waals surface area contributed by atoms with Gasteiger partial charge in [0, 0.05) is 0 Å². The normalized spacial score (nSPS) is 18.9. The fraction of sp³-hybridized carbons (Fsp3) is 0.467. The van der Waals surface area contributed by atoms with Crippen LogP contribution < -0.4 is 15.8 Å². The standard InChI is InChI=1S/C15H20N2O2S/c1-9(2)13(14(16)20)17-15(18)11-7-10-5-3-4-6-12(10)19-8-11/h3-6,9,11,13H,7-8H2,1-2H3,(H2,16,20)(H,17,18). The first-order valence-corrected chi connectivity index (χ1v) is 7.20. The molecule has 2 unspecified atom stereocenters. The van der Waals surface area contributed by atoms with Crippen molar-refractivity contribution in [2.45, 2.75) is 26.3 Å². The fourth-order valence-electron chi connectivity index (χ4n) is 2.33. The van der Waals surface area contributed by atoms with Gasteiger partial charge in [-0.1, -0.05) is 44.3 Å². The number of hydrogen-bond acceptors (Lipinski definition) is 3. The molecule has 0 spiro atoms. The van der Waals surface area contributed by atoms with Crippen molar-refractivity contribution in [3.8, 4) is 5.75 Å². The first kappa shape index (κ1) is 14.8. The molecule has 1 aliphatic heterocycles. The number of amides is 1. The van der Waals surface area contributed by atoms with Crippen molar-refractivity contribution in [3.05, 3.63) is 29.8 Å². The molecule has 0 fully saturated rings. The molecule has 1 heterocycles. The zero-order valence-corrected chi connectivity index (χ0v) is 12.6. The van der Waals surface area contributed by atoms with Crippen LogP contribution in [0.2, 0.25) is 0 Å². The highest BCUT2D eigenvalue weighted by atomic mass is 32.1. The fourth-order valence-corrected chi connectivity index (χ4v) is 2.66. The number of rotatable bonds is 4. The lowest BCUT2D eigenvalue weighted by molar-refractivity contribution is -0.126. The van der Waals surface area contributed by atoms with Crippen LogP contribution in [0.3, 0.4) is 0 Å². The van der Waals surface area contributed by atoms with Crippen molar-refractivity contribution in [2.24, 2.45) is 17.6 Å². The van der Waals surface area contributed by atoms with Gasteiger partial charge in [-0.15, -0.1) is 0 Å². The average Bonchev–Trinajstić information content (AvgIpc) is 2.43. The highest BCUT2D eigenvalue weighted by Crippen LogP contribution is 2.26. The Morgan fingerprint density at radius 1 is 1.45 bits per heavy atom. The van der Waals surface area contributed by atoms with Gasteiger partial charge in [0.1, 0.15) is 12.4 Å². The Morgan fingerprint density at radius 3 is 2.80 bits per heavy atom. The van der Waals surface area contributed by atoms with Crippen molar-refractivity contribution in [1.82, 2.24) is 5.32 Å². The van der Waals surface area contributed by atoms with Crippen LogP contribution in [0, 0.1) is 11.8 Å². The van der Waals surface area contributed by atoms with E-state index in [9.17, 15) is 4.79 Å². The van der Waals surface area contributed by atoms with Gasteiger partial charge in [-0.3, -0.25) is 4.79 Å². The Kier molecular flexibility index (Phi) is 4.60. The second-order valence-corrected chi connectivity index (χ2v) is 5.92. The maximum atomic E-state index is 12.3. The van der Waals surface area contributed by atoms with Crippen molar-refractivity contribution >= 4 is 23.1 Å². The van der Waals surface area contributed by atoms with E-state index in [0.717, 1.165) is 11.3 Å².